The minimum absolute atomic E-state index is 0.629. The first kappa shape index (κ1) is 9.80. The second-order valence-corrected chi connectivity index (χ2v) is 2.66. The largest absolute Gasteiger partial charge is 0.481 e. The van der Waals surface area contributed by atoms with Crippen molar-refractivity contribution >= 4 is 5.69 Å². The SMILES string of the molecule is COc1ccc(NCCCN)cn1. The lowest BCUT2D eigenvalue weighted by Crippen LogP contribution is -2.08. The van der Waals surface area contributed by atoms with Gasteiger partial charge in [-0.25, -0.2) is 4.98 Å². The first-order valence-electron chi connectivity index (χ1n) is 4.31. The normalized spacial score (nSPS) is 9.69. The van der Waals surface area contributed by atoms with Gasteiger partial charge in [0.15, 0.2) is 0 Å². The zero-order valence-electron chi connectivity index (χ0n) is 7.79. The van der Waals surface area contributed by atoms with Crippen molar-refractivity contribution in [3.63, 3.8) is 0 Å². The van der Waals surface area contributed by atoms with Gasteiger partial charge >= 0.3 is 0 Å². The van der Waals surface area contributed by atoms with Crippen molar-refractivity contribution in [3.05, 3.63) is 18.3 Å². The molecule has 0 aliphatic rings. The average molecular weight is 181 g/mol. The molecule has 4 heteroatoms. The Kier molecular flexibility index (Phi) is 4.05. The Morgan fingerprint density at radius 1 is 1.54 bits per heavy atom. The molecular formula is C9H15N3O. The number of anilines is 1. The van der Waals surface area contributed by atoms with Gasteiger partial charge in [0.05, 0.1) is 19.0 Å². The van der Waals surface area contributed by atoms with Gasteiger partial charge in [0.1, 0.15) is 0 Å². The number of nitrogens with zero attached hydrogens (tertiary/aromatic N) is 1. The number of methoxy groups -OCH3 is 1. The lowest BCUT2D eigenvalue weighted by Gasteiger charge is -2.04. The Bertz CT molecular complexity index is 235. The molecule has 0 unspecified atom stereocenters. The van der Waals surface area contributed by atoms with Crippen LogP contribution in [0.2, 0.25) is 0 Å². The van der Waals surface area contributed by atoms with Crippen LogP contribution < -0.4 is 15.8 Å². The average Bonchev–Trinajstić information content (AvgIpc) is 2.19. The summed E-state index contributed by atoms with van der Waals surface area (Å²) in [6, 6.07) is 3.76. The van der Waals surface area contributed by atoms with E-state index >= 15 is 0 Å². The van der Waals surface area contributed by atoms with E-state index in [-0.39, 0.29) is 0 Å². The number of hydrogen-bond donors (Lipinski definition) is 2. The minimum Gasteiger partial charge on any atom is -0.481 e. The van der Waals surface area contributed by atoms with Gasteiger partial charge in [-0.05, 0) is 19.0 Å². The van der Waals surface area contributed by atoms with Crippen LogP contribution in [0.1, 0.15) is 6.42 Å². The van der Waals surface area contributed by atoms with Gasteiger partial charge in [-0.2, -0.15) is 0 Å². The van der Waals surface area contributed by atoms with Crippen LogP contribution in [0.5, 0.6) is 5.88 Å². The molecule has 0 fully saturated rings. The van der Waals surface area contributed by atoms with E-state index in [2.05, 4.69) is 10.3 Å². The van der Waals surface area contributed by atoms with Gasteiger partial charge in [-0.3, -0.25) is 0 Å². The first-order valence-corrected chi connectivity index (χ1v) is 4.31. The van der Waals surface area contributed by atoms with E-state index in [9.17, 15) is 0 Å². The van der Waals surface area contributed by atoms with Gasteiger partial charge in [0, 0.05) is 12.6 Å². The van der Waals surface area contributed by atoms with Crippen molar-refractivity contribution in [3.8, 4) is 5.88 Å². The summed E-state index contributed by atoms with van der Waals surface area (Å²) in [6.07, 6.45) is 2.71. The number of nitrogens with one attached hydrogen (secondary N) is 1. The fourth-order valence-electron chi connectivity index (χ4n) is 0.940. The third kappa shape index (κ3) is 3.29. The number of hydrogen-bond acceptors (Lipinski definition) is 4. The molecule has 0 aromatic carbocycles. The Labute approximate surface area is 78.1 Å². The molecule has 1 rings (SSSR count). The summed E-state index contributed by atoms with van der Waals surface area (Å²) < 4.78 is 4.94. The smallest absolute Gasteiger partial charge is 0.213 e. The van der Waals surface area contributed by atoms with E-state index in [0.29, 0.717) is 12.4 Å². The molecule has 0 saturated heterocycles. The summed E-state index contributed by atoms with van der Waals surface area (Å²) in [5.41, 5.74) is 6.36. The van der Waals surface area contributed by atoms with Crippen LogP contribution in [-0.4, -0.2) is 25.2 Å². The molecule has 1 aromatic heterocycles. The van der Waals surface area contributed by atoms with Gasteiger partial charge < -0.3 is 15.8 Å². The van der Waals surface area contributed by atoms with Crippen LogP contribution in [0.25, 0.3) is 0 Å². The molecule has 0 aliphatic carbocycles. The minimum atomic E-state index is 0.629. The molecule has 0 radical (unpaired) electrons. The van der Waals surface area contributed by atoms with E-state index < -0.39 is 0 Å². The zero-order valence-corrected chi connectivity index (χ0v) is 7.79. The summed E-state index contributed by atoms with van der Waals surface area (Å²) in [6.45, 7) is 1.58. The number of aromatic nitrogens is 1. The van der Waals surface area contributed by atoms with Crippen molar-refractivity contribution in [2.45, 2.75) is 6.42 Å². The van der Waals surface area contributed by atoms with Gasteiger partial charge in [0.25, 0.3) is 0 Å². The summed E-state index contributed by atoms with van der Waals surface area (Å²) in [7, 11) is 1.60. The summed E-state index contributed by atoms with van der Waals surface area (Å²) in [4.78, 5) is 4.06. The maximum absolute atomic E-state index is 5.36. The van der Waals surface area contributed by atoms with Crippen molar-refractivity contribution < 1.29 is 4.74 Å². The Morgan fingerprint density at radius 3 is 2.92 bits per heavy atom. The molecule has 13 heavy (non-hydrogen) atoms. The quantitative estimate of drug-likeness (QED) is 0.661. The number of ether oxygens (including phenoxy) is 1. The highest BCUT2D eigenvalue weighted by Crippen LogP contribution is 2.10. The molecular weight excluding hydrogens is 166 g/mol. The third-order valence-electron chi connectivity index (χ3n) is 1.66. The number of pyridine rings is 1. The number of nitrogens with two attached hydrogens (primary N) is 1. The predicted octanol–water partition coefficient (Wildman–Crippen LogP) is 0.851. The molecule has 1 heterocycles. The maximum atomic E-state index is 5.36. The molecule has 0 aliphatic heterocycles. The van der Waals surface area contributed by atoms with Crippen molar-refractivity contribution in [1.82, 2.24) is 4.98 Å². The summed E-state index contributed by atoms with van der Waals surface area (Å²) >= 11 is 0. The lowest BCUT2D eigenvalue weighted by atomic mass is 10.4. The van der Waals surface area contributed by atoms with E-state index in [4.69, 9.17) is 10.5 Å². The maximum Gasteiger partial charge on any atom is 0.213 e. The number of rotatable bonds is 5. The molecule has 3 N–H and O–H groups in total. The van der Waals surface area contributed by atoms with Crippen LogP contribution in [0.3, 0.4) is 0 Å². The fourth-order valence-corrected chi connectivity index (χ4v) is 0.940. The molecule has 1 aromatic rings. The molecule has 0 spiro atoms. The van der Waals surface area contributed by atoms with Crippen LogP contribution in [0.15, 0.2) is 18.3 Å². The summed E-state index contributed by atoms with van der Waals surface area (Å²) in [5.74, 6) is 0.629. The van der Waals surface area contributed by atoms with Crippen LogP contribution >= 0.6 is 0 Å². The molecule has 72 valence electrons. The molecule has 4 nitrogen and oxygen atoms in total. The van der Waals surface area contributed by atoms with E-state index in [1.165, 1.54) is 0 Å². The van der Waals surface area contributed by atoms with Gasteiger partial charge in [-0.1, -0.05) is 0 Å². The molecule has 0 saturated carbocycles. The van der Waals surface area contributed by atoms with Crippen molar-refractivity contribution in [2.24, 2.45) is 5.73 Å². The highest BCUT2D eigenvalue weighted by atomic mass is 16.5. The summed E-state index contributed by atoms with van der Waals surface area (Å²) in [5, 5.41) is 3.20. The highest BCUT2D eigenvalue weighted by molar-refractivity contribution is 5.41. The topological polar surface area (TPSA) is 60.2 Å². The van der Waals surface area contributed by atoms with Gasteiger partial charge in [-0.15, -0.1) is 0 Å². The lowest BCUT2D eigenvalue weighted by molar-refractivity contribution is 0.398. The van der Waals surface area contributed by atoms with E-state index in [1.807, 2.05) is 12.1 Å². The highest BCUT2D eigenvalue weighted by Gasteiger charge is 1.93. The predicted molar refractivity (Wildman–Crippen MR) is 53.0 cm³/mol. The standard InChI is InChI=1S/C9H15N3O/c1-13-9-4-3-8(7-12-9)11-6-2-5-10/h3-4,7,11H,2,5-6,10H2,1H3. The van der Waals surface area contributed by atoms with Crippen LogP contribution in [-0.2, 0) is 0 Å². The Morgan fingerprint density at radius 2 is 2.38 bits per heavy atom. The van der Waals surface area contributed by atoms with Gasteiger partial charge in [0.2, 0.25) is 5.88 Å². The first-order chi connectivity index (χ1) is 6.36. The second-order valence-electron chi connectivity index (χ2n) is 2.66. The monoisotopic (exact) mass is 181 g/mol. The fraction of sp³-hybridized carbons (Fsp3) is 0.444. The zero-order chi connectivity index (χ0) is 9.52. The van der Waals surface area contributed by atoms with Crippen LogP contribution in [0, 0.1) is 0 Å². The van der Waals surface area contributed by atoms with E-state index in [0.717, 1.165) is 18.7 Å². The van der Waals surface area contributed by atoms with Crippen molar-refractivity contribution in [1.29, 1.82) is 0 Å². The third-order valence-corrected chi connectivity index (χ3v) is 1.66. The van der Waals surface area contributed by atoms with Crippen LogP contribution in [0.4, 0.5) is 5.69 Å². The molecule has 0 amide bonds. The molecule has 0 atom stereocenters. The Balaban J connectivity index is 2.40. The Hall–Kier alpha value is -1.29. The second kappa shape index (κ2) is 5.37. The van der Waals surface area contributed by atoms with Crippen molar-refractivity contribution in [2.75, 3.05) is 25.5 Å². The van der Waals surface area contributed by atoms with E-state index in [1.54, 1.807) is 13.3 Å². The molecule has 0 bridgehead atoms.